The molecule has 0 aliphatic heterocycles. The van der Waals surface area contributed by atoms with Gasteiger partial charge in [0.2, 0.25) is 0 Å². The molecule has 0 heterocycles. The molecule has 1 atom stereocenters. The number of benzene rings is 1. The minimum Gasteiger partial charge on any atom is -0.497 e. The normalized spacial score (nSPS) is 12.2. The van der Waals surface area contributed by atoms with Gasteiger partial charge in [0.25, 0.3) is 0 Å². The van der Waals surface area contributed by atoms with Crippen LogP contribution in [0, 0.1) is 0 Å². The second-order valence-electron chi connectivity index (χ2n) is 3.28. The van der Waals surface area contributed by atoms with E-state index < -0.39 is 6.10 Å². The number of hydrogen-bond donors (Lipinski definition) is 2. The van der Waals surface area contributed by atoms with Crippen LogP contribution in [-0.4, -0.2) is 38.5 Å². The molecule has 0 saturated carbocycles. The molecule has 0 unspecified atom stereocenters. The van der Waals surface area contributed by atoms with Gasteiger partial charge >= 0.3 is 0 Å². The fraction of sp³-hybridized carbons (Fsp3) is 0.455. The first-order chi connectivity index (χ1) is 7.26. The second kappa shape index (κ2) is 6.27. The van der Waals surface area contributed by atoms with Crippen molar-refractivity contribution in [1.29, 1.82) is 0 Å². The third kappa shape index (κ3) is 4.18. The lowest BCUT2D eigenvalue weighted by atomic mass is 10.3. The fourth-order valence-corrected chi connectivity index (χ4v) is 1.20. The summed E-state index contributed by atoms with van der Waals surface area (Å²) in [6.07, 6.45) is -0.433. The summed E-state index contributed by atoms with van der Waals surface area (Å²) < 4.78 is 10.4. The summed E-state index contributed by atoms with van der Waals surface area (Å²) in [4.78, 5) is 0. The van der Waals surface area contributed by atoms with Crippen molar-refractivity contribution in [3.05, 3.63) is 24.3 Å². The van der Waals surface area contributed by atoms with Crippen molar-refractivity contribution in [2.24, 2.45) is 0 Å². The zero-order valence-corrected chi connectivity index (χ0v) is 9.14. The number of methoxy groups -OCH3 is 1. The van der Waals surface area contributed by atoms with Crippen molar-refractivity contribution in [3.8, 4) is 11.5 Å². The highest BCUT2D eigenvalue weighted by molar-refractivity contribution is 5.31. The van der Waals surface area contributed by atoms with Crippen LogP contribution in [0.3, 0.4) is 0 Å². The Morgan fingerprint density at radius 1 is 1.27 bits per heavy atom. The summed E-state index contributed by atoms with van der Waals surface area (Å²) in [6, 6.07) is 7.30. The highest BCUT2D eigenvalue weighted by Gasteiger charge is 2.05. The Bertz CT molecular complexity index is 274. The number of quaternary nitrogens is 1. The second-order valence-corrected chi connectivity index (χ2v) is 3.28. The number of aliphatic hydroxyl groups is 1. The lowest BCUT2D eigenvalue weighted by molar-refractivity contribution is -0.633. The SMILES string of the molecule is C[NH2+]C[C@H](O)COc1ccc(OC)cc1. The lowest BCUT2D eigenvalue weighted by Crippen LogP contribution is -2.82. The molecular weight excluding hydrogens is 194 g/mol. The average Bonchev–Trinajstić information content (AvgIpc) is 2.27. The largest absolute Gasteiger partial charge is 0.497 e. The predicted octanol–water partition coefficient (Wildman–Crippen LogP) is -0.372. The van der Waals surface area contributed by atoms with Crippen molar-refractivity contribution in [2.75, 3.05) is 27.3 Å². The van der Waals surface area contributed by atoms with E-state index in [2.05, 4.69) is 0 Å². The molecule has 0 aromatic heterocycles. The van der Waals surface area contributed by atoms with Crippen LogP contribution in [0.15, 0.2) is 24.3 Å². The van der Waals surface area contributed by atoms with Gasteiger partial charge in [0.15, 0.2) is 0 Å². The Labute approximate surface area is 89.8 Å². The Morgan fingerprint density at radius 2 is 1.87 bits per heavy atom. The number of hydrogen-bond acceptors (Lipinski definition) is 3. The smallest absolute Gasteiger partial charge is 0.137 e. The predicted molar refractivity (Wildman–Crippen MR) is 57.2 cm³/mol. The van der Waals surface area contributed by atoms with Crippen LogP contribution < -0.4 is 14.8 Å². The van der Waals surface area contributed by atoms with Gasteiger partial charge in [0.1, 0.15) is 30.8 Å². The van der Waals surface area contributed by atoms with Gasteiger partial charge < -0.3 is 19.9 Å². The van der Waals surface area contributed by atoms with E-state index in [4.69, 9.17) is 9.47 Å². The molecule has 1 rings (SSSR count). The van der Waals surface area contributed by atoms with Gasteiger partial charge in [0.05, 0.1) is 14.2 Å². The van der Waals surface area contributed by atoms with Gasteiger partial charge in [-0.2, -0.15) is 0 Å². The van der Waals surface area contributed by atoms with Crippen LogP contribution in [0.25, 0.3) is 0 Å². The van der Waals surface area contributed by atoms with Crippen LogP contribution in [0.5, 0.6) is 11.5 Å². The summed E-state index contributed by atoms with van der Waals surface area (Å²) in [5.74, 6) is 1.54. The molecule has 0 fully saturated rings. The number of likely N-dealkylation sites (N-methyl/N-ethyl adjacent to an activating group) is 1. The molecule has 4 heteroatoms. The maximum atomic E-state index is 9.43. The van der Waals surface area contributed by atoms with Crippen molar-refractivity contribution in [3.63, 3.8) is 0 Å². The van der Waals surface area contributed by atoms with E-state index in [9.17, 15) is 5.11 Å². The summed E-state index contributed by atoms with van der Waals surface area (Å²) in [5, 5.41) is 11.3. The first kappa shape index (κ1) is 11.8. The molecule has 0 radical (unpaired) electrons. The lowest BCUT2D eigenvalue weighted by Gasteiger charge is -2.10. The quantitative estimate of drug-likeness (QED) is 0.676. The van der Waals surface area contributed by atoms with Crippen molar-refractivity contribution >= 4 is 0 Å². The van der Waals surface area contributed by atoms with E-state index in [1.807, 2.05) is 36.6 Å². The molecule has 1 aromatic carbocycles. The number of aliphatic hydroxyl groups excluding tert-OH is 1. The molecule has 0 spiro atoms. The van der Waals surface area contributed by atoms with Crippen LogP contribution in [-0.2, 0) is 0 Å². The van der Waals surface area contributed by atoms with Gasteiger partial charge in [-0.25, -0.2) is 0 Å². The molecular formula is C11H18NO3+. The molecule has 1 aromatic rings. The molecule has 15 heavy (non-hydrogen) atoms. The van der Waals surface area contributed by atoms with Crippen LogP contribution in [0.4, 0.5) is 0 Å². The van der Waals surface area contributed by atoms with E-state index in [-0.39, 0.29) is 0 Å². The third-order valence-corrected chi connectivity index (χ3v) is 2.01. The zero-order valence-electron chi connectivity index (χ0n) is 9.14. The van der Waals surface area contributed by atoms with Crippen molar-refractivity contribution in [2.45, 2.75) is 6.10 Å². The summed E-state index contributed by atoms with van der Waals surface area (Å²) in [6.45, 7) is 0.965. The zero-order chi connectivity index (χ0) is 11.1. The summed E-state index contributed by atoms with van der Waals surface area (Å²) >= 11 is 0. The van der Waals surface area contributed by atoms with E-state index in [1.165, 1.54) is 0 Å². The van der Waals surface area contributed by atoms with E-state index in [0.717, 1.165) is 11.5 Å². The molecule has 3 N–H and O–H groups in total. The molecule has 4 nitrogen and oxygen atoms in total. The monoisotopic (exact) mass is 212 g/mol. The molecule has 0 saturated heterocycles. The molecule has 0 aliphatic carbocycles. The van der Waals surface area contributed by atoms with Crippen LogP contribution >= 0.6 is 0 Å². The number of ether oxygens (including phenoxy) is 2. The van der Waals surface area contributed by atoms with E-state index >= 15 is 0 Å². The van der Waals surface area contributed by atoms with Gasteiger partial charge in [-0.3, -0.25) is 0 Å². The van der Waals surface area contributed by atoms with Gasteiger partial charge in [-0.05, 0) is 24.3 Å². The Morgan fingerprint density at radius 3 is 2.40 bits per heavy atom. The maximum Gasteiger partial charge on any atom is 0.137 e. The molecule has 0 bridgehead atoms. The number of nitrogens with two attached hydrogens (primary N) is 1. The first-order valence-corrected chi connectivity index (χ1v) is 4.99. The highest BCUT2D eigenvalue weighted by atomic mass is 16.5. The topological polar surface area (TPSA) is 55.3 Å². The van der Waals surface area contributed by atoms with Crippen molar-refractivity contribution < 1.29 is 19.9 Å². The summed E-state index contributed by atoms with van der Waals surface area (Å²) in [5.41, 5.74) is 0. The molecule has 0 amide bonds. The Balaban J connectivity index is 2.37. The van der Waals surface area contributed by atoms with Crippen LogP contribution in [0.2, 0.25) is 0 Å². The van der Waals surface area contributed by atoms with E-state index in [0.29, 0.717) is 13.2 Å². The van der Waals surface area contributed by atoms with Crippen LogP contribution in [0.1, 0.15) is 0 Å². The van der Waals surface area contributed by atoms with Gasteiger partial charge in [-0.1, -0.05) is 0 Å². The highest BCUT2D eigenvalue weighted by Crippen LogP contribution is 2.16. The van der Waals surface area contributed by atoms with Gasteiger partial charge in [-0.15, -0.1) is 0 Å². The van der Waals surface area contributed by atoms with E-state index in [1.54, 1.807) is 7.11 Å². The standard InChI is InChI=1S/C11H17NO3/c1-12-7-9(13)8-15-11-5-3-10(14-2)4-6-11/h3-6,9,12-13H,7-8H2,1-2H3/p+1/t9-/m0/s1. The minimum atomic E-state index is -0.433. The fourth-order valence-electron chi connectivity index (χ4n) is 1.20. The minimum absolute atomic E-state index is 0.316. The third-order valence-electron chi connectivity index (χ3n) is 2.01. The van der Waals surface area contributed by atoms with Gasteiger partial charge in [0, 0.05) is 0 Å². The number of rotatable bonds is 6. The molecule has 0 aliphatic rings. The van der Waals surface area contributed by atoms with Crippen molar-refractivity contribution in [1.82, 2.24) is 0 Å². The Hall–Kier alpha value is -1.26. The summed E-state index contributed by atoms with van der Waals surface area (Å²) in [7, 11) is 3.54. The average molecular weight is 212 g/mol. The maximum absolute atomic E-state index is 9.43. The Kier molecular flexibility index (Phi) is 4.93. The first-order valence-electron chi connectivity index (χ1n) is 4.99. The molecule has 84 valence electrons.